The van der Waals surface area contributed by atoms with E-state index in [0.717, 1.165) is 0 Å². The average Bonchev–Trinajstić information content (AvgIpc) is 2.79. The first-order chi connectivity index (χ1) is 5.90. The summed E-state index contributed by atoms with van der Waals surface area (Å²) >= 11 is 1.93. The van der Waals surface area contributed by atoms with E-state index in [1.807, 2.05) is 27.3 Å². The lowest BCUT2D eigenvalue weighted by Crippen LogP contribution is -2.38. The van der Waals surface area contributed by atoms with Crippen LogP contribution in [0.2, 0.25) is 0 Å². The molecule has 13 heavy (non-hydrogen) atoms. The standard InChI is InChI=1S/C7H7BrF2N2O/c8-7(9,10)5(13)12-4-6(3-11)1-2-6/h1-2,4H2,(H,12,13). The van der Waals surface area contributed by atoms with Gasteiger partial charge in [-0.2, -0.15) is 14.0 Å². The second kappa shape index (κ2) is 3.22. The van der Waals surface area contributed by atoms with Crippen molar-refractivity contribution in [2.24, 2.45) is 5.41 Å². The van der Waals surface area contributed by atoms with Crippen molar-refractivity contribution in [3.8, 4) is 6.07 Å². The Balaban J connectivity index is 2.36. The molecule has 0 unspecified atom stereocenters. The molecule has 0 radical (unpaired) electrons. The van der Waals surface area contributed by atoms with Gasteiger partial charge in [-0.25, -0.2) is 0 Å². The third-order valence-electron chi connectivity index (χ3n) is 1.94. The van der Waals surface area contributed by atoms with Crippen LogP contribution in [0.4, 0.5) is 8.78 Å². The predicted molar refractivity (Wildman–Crippen MR) is 44.2 cm³/mol. The Morgan fingerprint density at radius 1 is 1.69 bits per heavy atom. The van der Waals surface area contributed by atoms with E-state index in [2.05, 4.69) is 0 Å². The van der Waals surface area contributed by atoms with Crippen molar-refractivity contribution in [3.63, 3.8) is 0 Å². The summed E-state index contributed by atoms with van der Waals surface area (Å²) in [5.74, 6) is -1.39. The van der Waals surface area contributed by atoms with Gasteiger partial charge in [-0.15, -0.1) is 0 Å². The number of halogens is 3. The Morgan fingerprint density at radius 3 is 2.54 bits per heavy atom. The molecule has 0 aromatic heterocycles. The third-order valence-corrected chi connectivity index (χ3v) is 2.30. The summed E-state index contributed by atoms with van der Waals surface area (Å²) in [6.45, 7) is 0.00350. The van der Waals surface area contributed by atoms with E-state index in [1.165, 1.54) is 0 Å². The van der Waals surface area contributed by atoms with Gasteiger partial charge in [0.05, 0.1) is 11.5 Å². The number of nitrogens with one attached hydrogen (secondary N) is 1. The summed E-state index contributed by atoms with van der Waals surface area (Å²) in [5, 5.41) is 10.6. The molecule has 0 spiro atoms. The van der Waals surface area contributed by atoms with Gasteiger partial charge in [-0.05, 0) is 12.8 Å². The number of rotatable bonds is 3. The van der Waals surface area contributed by atoms with Gasteiger partial charge < -0.3 is 5.32 Å². The molecule has 72 valence electrons. The Hall–Kier alpha value is -0.700. The SMILES string of the molecule is N#CC1(CNC(=O)C(F)(F)Br)CC1. The molecule has 0 aromatic rings. The minimum atomic E-state index is -3.54. The second-order valence-electron chi connectivity index (χ2n) is 3.07. The molecule has 1 aliphatic rings. The molecular weight excluding hydrogens is 246 g/mol. The van der Waals surface area contributed by atoms with Gasteiger partial charge in [-0.3, -0.25) is 4.79 Å². The van der Waals surface area contributed by atoms with E-state index in [1.54, 1.807) is 0 Å². The number of nitriles is 1. The Bertz CT molecular complexity index is 265. The first kappa shape index (κ1) is 10.4. The summed E-state index contributed by atoms with van der Waals surface area (Å²) in [4.78, 5) is 7.09. The van der Waals surface area contributed by atoms with E-state index >= 15 is 0 Å². The van der Waals surface area contributed by atoms with Crippen molar-refractivity contribution in [1.82, 2.24) is 5.32 Å². The van der Waals surface area contributed by atoms with Crippen LogP contribution in [-0.4, -0.2) is 17.3 Å². The summed E-state index contributed by atoms with van der Waals surface area (Å²) in [5.41, 5.74) is -0.589. The van der Waals surface area contributed by atoms with Crippen LogP contribution in [0.1, 0.15) is 12.8 Å². The summed E-state index contributed by atoms with van der Waals surface area (Å²) < 4.78 is 24.5. The lowest BCUT2D eigenvalue weighted by molar-refractivity contribution is -0.134. The van der Waals surface area contributed by atoms with E-state index in [0.29, 0.717) is 12.8 Å². The van der Waals surface area contributed by atoms with Crippen molar-refractivity contribution in [1.29, 1.82) is 5.26 Å². The molecule has 0 bridgehead atoms. The van der Waals surface area contributed by atoms with Gasteiger partial charge in [0.1, 0.15) is 0 Å². The molecule has 0 aromatic carbocycles. The highest BCUT2D eigenvalue weighted by Crippen LogP contribution is 2.44. The molecule has 0 aliphatic heterocycles. The van der Waals surface area contributed by atoms with Gasteiger partial charge in [0.25, 0.3) is 0 Å². The molecule has 1 saturated carbocycles. The molecule has 1 amide bonds. The molecule has 1 N–H and O–H groups in total. The van der Waals surface area contributed by atoms with Crippen LogP contribution in [0.25, 0.3) is 0 Å². The average molecular weight is 253 g/mol. The quantitative estimate of drug-likeness (QED) is 0.773. The van der Waals surface area contributed by atoms with E-state index in [9.17, 15) is 13.6 Å². The maximum Gasteiger partial charge on any atom is 0.377 e. The fraction of sp³-hybridized carbons (Fsp3) is 0.714. The molecule has 0 atom stereocenters. The van der Waals surface area contributed by atoms with Crippen LogP contribution in [0, 0.1) is 16.7 Å². The van der Waals surface area contributed by atoms with E-state index in [4.69, 9.17) is 5.26 Å². The van der Waals surface area contributed by atoms with Crippen LogP contribution < -0.4 is 5.32 Å². The smallest absolute Gasteiger partial charge is 0.348 e. The second-order valence-corrected chi connectivity index (χ2v) is 4.07. The normalized spacial score (nSPS) is 18.9. The highest BCUT2D eigenvalue weighted by Gasteiger charge is 2.45. The third kappa shape index (κ3) is 2.62. The zero-order chi connectivity index (χ0) is 10.1. The molecule has 0 saturated heterocycles. The van der Waals surface area contributed by atoms with Crippen LogP contribution >= 0.6 is 15.9 Å². The summed E-state index contributed by atoms with van der Waals surface area (Å²) in [6, 6.07) is 1.98. The van der Waals surface area contributed by atoms with Gasteiger partial charge >= 0.3 is 10.7 Å². The number of carbonyl (C=O) groups excluding carboxylic acids is 1. The molecule has 1 aliphatic carbocycles. The Morgan fingerprint density at radius 2 is 2.23 bits per heavy atom. The van der Waals surface area contributed by atoms with Crippen LogP contribution in [0.3, 0.4) is 0 Å². The van der Waals surface area contributed by atoms with Crippen molar-refractivity contribution in [2.75, 3.05) is 6.54 Å². The number of hydrogen-bond donors (Lipinski definition) is 1. The maximum absolute atomic E-state index is 12.2. The van der Waals surface area contributed by atoms with E-state index in [-0.39, 0.29) is 6.54 Å². The maximum atomic E-state index is 12.2. The van der Waals surface area contributed by atoms with Crippen molar-refractivity contribution in [3.05, 3.63) is 0 Å². The van der Waals surface area contributed by atoms with Gasteiger partial charge in [0.15, 0.2) is 0 Å². The molecule has 0 heterocycles. The topological polar surface area (TPSA) is 52.9 Å². The molecule has 3 nitrogen and oxygen atoms in total. The summed E-state index contributed by atoms with van der Waals surface area (Å²) in [6.07, 6.45) is 1.33. The lowest BCUT2D eigenvalue weighted by Gasteiger charge is -2.10. The molecule has 1 rings (SSSR count). The van der Waals surface area contributed by atoms with Crippen molar-refractivity contribution >= 4 is 21.8 Å². The highest BCUT2D eigenvalue weighted by atomic mass is 79.9. The van der Waals surface area contributed by atoms with Crippen molar-refractivity contribution in [2.45, 2.75) is 17.7 Å². The zero-order valence-corrected chi connectivity index (χ0v) is 8.20. The molecule has 1 fully saturated rings. The minimum Gasteiger partial charge on any atom is -0.348 e. The monoisotopic (exact) mass is 252 g/mol. The fourth-order valence-corrected chi connectivity index (χ4v) is 0.969. The van der Waals surface area contributed by atoms with Crippen molar-refractivity contribution < 1.29 is 13.6 Å². The van der Waals surface area contributed by atoms with E-state index < -0.39 is 16.2 Å². The number of carbonyl (C=O) groups is 1. The first-order valence-electron chi connectivity index (χ1n) is 3.66. The zero-order valence-electron chi connectivity index (χ0n) is 6.61. The highest BCUT2D eigenvalue weighted by molar-refractivity contribution is 9.10. The molecular formula is C7H7BrF2N2O. The number of nitrogens with zero attached hydrogens (tertiary/aromatic N) is 1. The lowest BCUT2D eigenvalue weighted by atomic mass is 10.1. The fourth-order valence-electron chi connectivity index (χ4n) is 0.829. The summed E-state index contributed by atoms with van der Waals surface area (Å²) in [7, 11) is 0. The van der Waals surface area contributed by atoms with Crippen LogP contribution in [0.15, 0.2) is 0 Å². The van der Waals surface area contributed by atoms with Crippen LogP contribution in [-0.2, 0) is 4.79 Å². The van der Waals surface area contributed by atoms with Gasteiger partial charge in [0, 0.05) is 22.5 Å². The first-order valence-corrected chi connectivity index (χ1v) is 4.45. The Labute approximate surface area is 82.2 Å². The number of amides is 1. The van der Waals surface area contributed by atoms with Crippen LogP contribution in [0.5, 0.6) is 0 Å². The number of alkyl halides is 3. The van der Waals surface area contributed by atoms with Gasteiger partial charge in [-0.1, -0.05) is 0 Å². The van der Waals surface area contributed by atoms with Gasteiger partial charge in [0.2, 0.25) is 0 Å². The Kier molecular flexibility index (Phi) is 2.57. The molecule has 6 heteroatoms. The minimum absolute atomic E-state index is 0.00350. The largest absolute Gasteiger partial charge is 0.377 e. The number of hydrogen-bond acceptors (Lipinski definition) is 2. The predicted octanol–water partition coefficient (Wildman–Crippen LogP) is 1.39.